The van der Waals surface area contributed by atoms with Crippen LogP contribution in [0.2, 0.25) is 5.02 Å². The Labute approximate surface area is 85.2 Å². The Morgan fingerprint density at radius 2 is 2.07 bits per heavy atom. The summed E-state index contributed by atoms with van der Waals surface area (Å²) in [6.45, 7) is 0. The molecule has 4 nitrogen and oxygen atoms in total. The molecule has 0 amide bonds. The molecule has 0 unspecified atom stereocenters. The van der Waals surface area contributed by atoms with E-state index in [1.54, 1.807) is 24.3 Å². The van der Waals surface area contributed by atoms with Gasteiger partial charge in [-0.3, -0.25) is 10.1 Å². The Balaban J connectivity index is 3.03. The third-order valence-corrected chi connectivity index (χ3v) is 1.74. The van der Waals surface area contributed by atoms with Gasteiger partial charge >= 0.3 is 5.70 Å². The molecule has 0 saturated carbocycles. The Kier molecular flexibility index (Phi) is 3.21. The zero-order chi connectivity index (χ0) is 10.6. The van der Waals surface area contributed by atoms with E-state index in [4.69, 9.17) is 16.9 Å². The van der Waals surface area contributed by atoms with Crippen molar-refractivity contribution in [1.29, 1.82) is 5.26 Å². The fourth-order valence-electron chi connectivity index (χ4n) is 0.843. The van der Waals surface area contributed by atoms with Crippen LogP contribution in [0.1, 0.15) is 5.56 Å². The van der Waals surface area contributed by atoms with Crippen molar-refractivity contribution in [1.82, 2.24) is 0 Å². The Bertz CT molecular complexity index is 417. The Morgan fingerprint density at radius 3 is 2.50 bits per heavy atom. The van der Waals surface area contributed by atoms with E-state index in [2.05, 4.69) is 0 Å². The van der Waals surface area contributed by atoms with Crippen LogP contribution >= 0.6 is 11.6 Å². The molecule has 70 valence electrons. The molecule has 0 aromatic heterocycles. The third-order valence-electron chi connectivity index (χ3n) is 1.48. The number of allylic oxidation sites excluding steroid dienone is 1. The minimum absolute atomic E-state index is 0.493. The van der Waals surface area contributed by atoms with Gasteiger partial charge in [-0.2, -0.15) is 5.26 Å². The van der Waals surface area contributed by atoms with Crippen molar-refractivity contribution < 1.29 is 4.92 Å². The lowest BCUT2D eigenvalue weighted by molar-refractivity contribution is -0.415. The van der Waals surface area contributed by atoms with Crippen LogP contribution in [-0.4, -0.2) is 4.92 Å². The highest BCUT2D eigenvalue weighted by Crippen LogP contribution is 2.12. The fourth-order valence-corrected chi connectivity index (χ4v) is 0.969. The molecule has 0 N–H and O–H groups in total. The van der Waals surface area contributed by atoms with E-state index in [-0.39, 0.29) is 0 Å². The van der Waals surface area contributed by atoms with Gasteiger partial charge in [0.05, 0.1) is 4.92 Å². The van der Waals surface area contributed by atoms with Crippen molar-refractivity contribution in [3.05, 3.63) is 50.7 Å². The number of halogens is 1. The van der Waals surface area contributed by atoms with Gasteiger partial charge < -0.3 is 0 Å². The predicted molar refractivity (Wildman–Crippen MR) is 52.0 cm³/mol. The highest BCUT2D eigenvalue weighted by atomic mass is 35.5. The number of nitro groups is 1. The van der Waals surface area contributed by atoms with Crippen LogP contribution in [0.3, 0.4) is 0 Å². The summed E-state index contributed by atoms with van der Waals surface area (Å²) < 4.78 is 0. The molecule has 0 aliphatic heterocycles. The van der Waals surface area contributed by atoms with Crippen LogP contribution < -0.4 is 0 Å². The number of hydrogen-bond acceptors (Lipinski definition) is 3. The molecule has 0 spiro atoms. The van der Waals surface area contributed by atoms with E-state index in [9.17, 15) is 10.1 Å². The molecule has 0 bridgehead atoms. The first-order valence-electron chi connectivity index (χ1n) is 3.65. The van der Waals surface area contributed by atoms with E-state index in [0.29, 0.717) is 10.6 Å². The molecule has 1 aromatic carbocycles. The smallest absolute Gasteiger partial charge is 0.258 e. The average Bonchev–Trinajstić information content (AvgIpc) is 2.16. The SMILES string of the molecule is N#C/C(=C\c1ccc(Cl)cc1)[N+](=O)[O-]. The van der Waals surface area contributed by atoms with Crippen molar-refractivity contribution >= 4 is 17.7 Å². The van der Waals surface area contributed by atoms with E-state index >= 15 is 0 Å². The highest BCUT2D eigenvalue weighted by Gasteiger charge is 2.07. The number of hydrogen-bond donors (Lipinski definition) is 0. The molecule has 0 saturated heterocycles. The van der Waals surface area contributed by atoms with E-state index in [0.717, 1.165) is 0 Å². The maximum absolute atomic E-state index is 10.3. The van der Waals surface area contributed by atoms with Crippen LogP contribution in [0.25, 0.3) is 6.08 Å². The predicted octanol–water partition coefficient (Wildman–Crippen LogP) is 2.48. The Hall–Kier alpha value is -1.86. The molecule has 1 aromatic rings. The standard InChI is InChI=1S/C9H5ClN2O2/c10-8-3-1-7(2-4-8)5-9(6-11)12(13)14/h1-5H/b9-5+. The second-order valence-electron chi connectivity index (χ2n) is 2.45. The molecule has 1 rings (SSSR count). The summed E-state index contributed by atoms with van der Waals surface area (Å²) in [6.07, 6.45) is 1.19. The summed E-state index contributed by atoms with van der Waals surface area (Å²) in [4.78, 5) is 9.56. The monoisotopic (exact) mass is 208 g/mol. The second kappa shape index (κ2) is 4.40. The van der Waals surface area contributed by atoms with Gasteiger partial charge in [0.15, 0.2) is 6.07 Å². The molecule has 5 heteroatoms. The summed E-state index contributed by atoms with van der Waals surface area (Å²) in [6, 6.07) is 7.89. The normalized spacial score (nSPS) is 10.7. The highest BCUT2D eigenvalue weighted by molar-refractivity contribution is 6.30. The quantitative estimate of drug-likeness (QED) is 0.426. The third kappa shape index (κ3) is 2.57. The summed E-state index contributed by atoms with van der Waals surface area (Å²) in [5, 5.41) is 19.3. The molecular weight excluding hydrogens is 204 g/mol. The maximum atomic E-state index is 10.3. The lowest BCUT2D eigenvalue weighted by atomic mass is 10.2. The minimum atomic E-state index is -0.728. The van der Waals surface area contributed by atoms with Crippen LogP contribution in [0.15, 0.2) is 30.0 Å². The van der Waals surface area contributed by atoms with Gasteiger partial charge in [-0.1, -0.05) is 23.7 Å². The van der Waals surface area contributed by atoms with E-state index in [1.807, 2.05) is 0 Å². The number of rotatable bonds is 2. The maximum Gasteiger partial charge on any atom is 0.346 e. The zero-order valence-electron chi connectivity index (χ0n) is 6.98. The topological polar surface area (TPSA) is 66.9 Å². The molecule has 0 aliphatic rings. The van der Waals surface area contributed by atoms with Crippen molar-refractivity contribution in [2.75, 3.05) is 0 Å². The van der Waals surface area contributed by atoms with Crippen molar-refractivity contribution in [3.8, 4) is 6.07 Å². The fraction of sp³-hybridized carbons (Fsp3) is 0. The van der Waals surface area contributed by atoms with Crippen LogP contribution in [0.4, 0.5) is 0 Å². The minimum Gasteiger partial charge on any atom is -0.258 e. The molecule has 14 heavy (non-hydrogen) atoms. The summed E-state index contributed by atoms with van der Waals surface area (Å²) in [5.41, 5.74) is 0.0787. The van der Waals surface area contributed by atoms with Crippen LogP contribution in [-0.2, 0) is 0 Å². The number of nitriles is 1. The van der Waals surface area contributed by atoms with E-state index in [1.165, 1.54) is 12.1 Å². The van der Waals surface area contributed by atoms with Crippen LogP contribution in [0, 0.1) is 21.4 Å². The van der Waals surface area contributed by atoms with Gasteiger partial charge in [0.2, 0.25) is 0 Å². The molecule has 0 aliphatic carbocycles. The first-order valence-corrected chi connectivity index (χ1v) is 4.03. The lowest BCUT2D eigenvalue weighted by Gasteiger charge is -1.92. The molecule has 0 fully saturated rings. The van der Waals surface area contributed by atoms with Crippen molar-refractivity contribution in [2.45, 2.75) is 0 Å². The lowest BCUT2D eigenvalue weighted by Crippen LogP contribution is -1.94. The first-order chi connectivity index (χ1) is 6.63. The summed E-state index contributed by atoms with van der Waals surface area (Å²) >= 11 is 5.63. The Morgan fingerprint density at radius 1 is 1.50 bits per heavy atom. The molecule has 0 radical (unpaired) electrons. The first kappa shape index (κ1) is 10.2. The van der Waals surface area contributed by atoms with Crippen molar-refractivity contribution in [3.63, 3.8) is 0 Å². The molecular formula is C9H5ClN2O2. The summed E-state index contributed by atoms with van der Waals surface area (Å²) in [7, 11) is 0. The number of nitrogens with zero attached hydrogens (tertiary/aromatic N) is 2. The molecule has 0 atom stereocenters. The van der Waals surface area contributed by atoms with Crippen molar-refractivity contribution in [2.24, 2.45) is 0 Å². The van der Waals surface area contributed by atoms with Gasteiger partial charge in [-0.05, 0) is 17.7 Å². The van der Waals surface area contributed by atoms with Gasteiger partial charge in [-0.25, -0.2) is 0 Å². The van der Waals surface area contributed by atoms with Crippen LogP contribution in [0.5, 0.6) is 0 Å². The van der Waals surface area contributed by atoms with Gasteiger partial charge in [0, 0.05) is 11.1 Å². The molecule has 0 heterocycles. The van der Waals surface area contributed by atoms with Gasteiger partial charge in [0.1, 0.15) is 0 Å². The van der Waals surface area contributed by atoms with E-state index < -0.39 is 10.6 Å². The zero-order valence-corrected chi connectivity index (χ0v) is 7.73. The second-order valence-corrected chi connectivity index (χ2v) is 2.89. The average molecular weight is 209 g/mol. The number of benzene rings is 1. The summed E-state index contributed by atoms with van der Waals surface area (Å²) in [5.74, 6) is 0. The van der Waals surface area contributed by atoms with Gasteiger partial charge in [0.25, 0.3) is 0 Å². The largest absolute Gasteiger partial charge is 0.346 e. The van der Waals surface area contributed by atoms with Gasteiger partial charge in [-0.15, -0.1) is 0 Å².